The molecule has 0 spiro atoms. The molecule has 1 N–H and O–H groups in total. The number of hydrogen-bond donors (Lipinski definition) is 1. The molecule has 1 aliphatic carbocycles. The van der Waals surface area contributed by atoms with E-state index in [1.54, 1.807) is 26.2 Å². The third-order valence-corrected chi connectivity index (χ3v) is 6.07. The third kappa shape index (κ3) is 4.67. The van der Waals surface area contributed by atoms with Crippen LogP contribution in [0.25, 0.3) is 0 Å². The summed E-state index contributed by atoms with van der Waals surface area (Å²) in [4.78, 5) is 15.0. The molecule has 0 bridgehead atoms. The van der Waals surface area contributed by atoms with E-state index < -0.39 is 10.0 Å². The first kappa shape index (κ1) is 19.4. The summed E-state index contributed by atoms with van der Waals surface area (Å²) in [6.07, 6.45) is 1.99. The van der Waals surface area contributed by atoms with E-state index in [2.05, 4.69) is 4.72 Å². The van der Waals surface area contributed by atoms with Crippen LogP contribution in [0.4, 0.5) is 0 Å². The Labute approximate surface area is 160 Å². The standard InChI is InChI=1S/C20H24N2O4S/c1-3-21-27(24,25)19-12-6-16(7-13-19)20(23)22(17-8-9-17)14-15-4-10-18(26-2)11-5-15/h4-7,10-13,17,21H,3,8-9,14H2,1-2H3. The van der Waals surface area contributed by atoms with Crippen LogP contribution in [0.15, 0.2) is 53.4 Å². The third-order valence-electron chi connectivity index (χ3n) is 4.51. The Morgan fingerprint density at radius 1 is 1.11 bits per heavy atom. The minimum atomic E-state index is -3.52. The van der Waals surface area contributed by atoms with Gasteiger partial charge in [0.05, 0.1) is 12.0 Å². The van der Waals surface area contributed by atoms with Gasteiger partial charge < -0.3 is 9.64 Å². The SMILES string of the molecule is CCNS(=O)(=O)c1ccc(C(=O)N(Cc2ccc(OC)cc2)C2CC2)cc1. The Hall–Kier alpha value is -2.38. The largest absolute Gasteiger partial charge is 0.497 e. The highest BCUT2D eigenvalue weighted by molar-refractivity contribution is 7.89. The Bertz CT molecular complexity index is 889. The fraction of sp³-hybridized carbons (Fsp3) is 0.350. The van der Waals surface area contributed by atoms with Crippen LogP contribution in [-0.2, 0) is 16.6 Å². The van der Waals surface area contributed by atoms with E-state index in [1.165, 1.54) is 12.1 Å². The van der Waals surface area contributed by atoms with Gasteiger partial charge >= 0.3 is 0 Å². The number of ether oxygens (including phenoxy) is 1. The van der Waals surface area contributed by atoms with Crippen molar-refractivity contribution in [3.05, 3.63) is 59.7 Å². The lowest BCUT2D eigenvalue weighted by Gasteiger charge is -2.23. The van der Waals surface area contributed by atoms with Crippen molar-refractivity contribution in [1.82, 2.24) is 9.62 Å². The number of carbonyl (C=O) groups is 1. The minimum Gasteiger partial charge on any atom is -0.497 e. The second kappa shape index (κ2) is 8.10. The molecule has 1 saturated carbocycles. The van der Waals surface area contributed by atoms with Crippen molar-refractivity contribution in [2.24, 2.45) is 0 Å². The second-order valence-electron chi connectivity index (χ2n) is 6.54. The number of carbonyl (C=O) groups excluding carboxylic acids is 1. The normalized spacial score (nSPS) is 14.0. The zero-order valence-electron chi connectivity index (χ0n) is 15.5. The number of benzene rings is 2. The molecule has 3 rings (SSSR count). The van der Waals surface area contributed by atoms with E-state index in [4.69, 9.17) is 4.74 Å². The molecular weight excluding hydrogens is 364 g/mol. The quantitative estimate of drug-likeness (QED) is 0.754. The van der Waals surface area contributed by atoms with Gasteiger partial charge in [-0.05, 0) is 54.8 Å². The van der Waals surface area contributed by atoms with Gasteiger partial charge in [0.1, 0.15) is 5.75 Å². The van der Waals surface area contributed by atoms with Crippen LogP contribution in [0.3, 0.4) is 0 Å². The van der Waals surface area contributed by atoms with E-state index in [9.17, 15) is 13.2 Å². The Morgan fingerprint density at radius 3 is 2.26 bits per heavy atom. The summed E-state index contributed by atoms with van der Waals surface area (Å²) in [7, 11) is -1.90. The van der Waals surface area contributed by atoms with Gasteiger partial charge in [0, 0.05) is 24.7 Å². The molecule has 0 aromatic heterocycles. The smallest absolute Gasteiger partial charge is 0.254 e. The lowest BCUT2D eigenvalue weighted by Crippen LogP contribution is -2.32. The predicted octanol–water partition coefficient (Wildman–Crippen LogP) is 2.80. The molecule has 7 heteroatoms. The molecule has 0 heterocycles. The zero-order chi connectivity index (χ0) is 19.4. The highest BCUT2D eigenvalue weighted by Crippen LogP contribution is 2.30. The van der Waals surface area contributed by atoms with Crippen LogP contribution in [-0.4, -0.2) is 38.9 Å². The summed E-state index contributed by atoms with van der Waals surface area (Å²) < 4.78 is 31.7. The number of nitrogens with zero attached hydrogens (tertiary/aromatic N) is 1. The number of nitrogens with one attached hydrogen (secondary N) is 1. The van der Waals surface area contributed by atoms with E-state index in [0.29, 0.717) is 18.7 Å². The number of amides is 1. The second-order valence-corrected chi connectivity index (χ2v) is 8.30. The van der Waals surface area contributed by atoms with Crippen molar-refractivity contribution in [3.8, 4) is 5.75 Å². The molecule has 1 amide bonds. The van der Waals surface area contributed by atoms with Crippen molar-refractivity contribution >= 4 is 15.9 Å². The number of methoxy groups -OCH3 is 1. The average molecular weight is 388 g/mol. The van der Waals surface area contributed by atoms with Crippen molar-refractivity contribution in [2.45, 2.75) is 37.2 Å². The maximum Gasteiger partial charge on any atom is 0.254 e. The minimum absolute atomic E-state index is 0.0827. The summed E-state index contributed by atoms with van der Waals surface area (Å²) in [5.74, 6) is 0.696. The molecule has 2 aromatic carbocycles. The van der Waals surface area contributed by atoms with Crippen LogP contribution >= 0.6 is 0 Å². The Kier molecular flexibility index (Phi) is 5.82. The van der Waals surface area contributed by atoms with Gasteiger partial charge in [0.15, 0.2) is 0 Å². The molecule has 0 aliphatic heterocycles. The van der Waals surface area contributed by atoms with Crippen molar-refractivity contribution < 1.29 is 17.9 Å². The zero-order valence-corrected chi connectivity index (χ0v) is 16.3. The molecule has 0 radical (unpaired) electrons. The highest BCUT2D eigenvalue weighted by atomic mass is 32.2. The first-order valence-corrected chi connectivity index (χ1v) is 10.5. The van der Waals surface area contributed by atoms with Crippen molar-refractivity contribution in [2.75, 3.05) is 13.7 Å². The Morgan fingerprint density at radius 2 is 1.74 bits per heavy atom. The average Bonchev–Trinajstić information content (AvgIpc) is 3.51. The molecule has 6 nitrogen and oxygen atoms in total. The highest BCUT2D eigenvalue weighted by Gasteiger charge is 2.33. The lowest BCUT2D eigenvalue weighted by atomic mass is 10.1. The van der Waals surface area contributed by atoms with Crippen LogP contribution in [0, 0.1) is 0 Å². The fourth-order valence-electron chi connectivity index (χ4n) is 2.90. The monoisotopic (exact) mass is 388 g/mol. The summed E-state index contributed by atoms with van der Waals surface area (Å²) in [5.41, 5.74) is 1.52. The van der Waals surface area contributed by atoms with Gasteiger partial charge in [-0.1, -0.05) is 19.1 Å². The molecular formula is C20H24N2O4S. The molecule has 0 unspecified atom stereocenters. The predicted molar refractivity (Wildman–Crippen MR) is 103 cm³/mol. The van der Waals surface area contributed by atoms with Crippen molar-refractivity contribution in [3.63, 3.8) is 0 Å². The molecule has 1 aliphatic rings. The number of rotatable bonds is 8. The summed E-state index contributed by atoms with van der Waals surface area (Å²) in [6.45, 7) is 2.56. The van der Waals surface area contributed by atoms with E-state index in [0.717, 1.165) is 24.2 Å². The molecule has 1 fully saturated rings. The van der Waals surface area contributed by atoms with E-state index >= 15 is 0 Å². The molecule has 144 valence electrons. The number of sulfonamides is 1. The maximum atomic E-state index is 13.0. The Balaban J connectivity index is 1.77. The van der Waals surface area contributed by atoms with Crippen LogP contribution in [0.2, 0.25) is 0 Å². The molecule has 0 atom stereocenters. The van der Waals surface area contributed by atoms with E-state index in [1.807, 2.05) is 29.2 Å². The number of hydrogen-bond acceptors (Lipinski definition) is 4. The molecule has 2 aromatic rings. The van der Waals surface area contributed by atoms with Crippen LogP contribution < -0.4 is 9.46 Å². The maximum absolute atomic E-state index is 13.0. The first-order chi connectivity index (χ1) is 12.9. The summed E-state index contributed by atoms with van der Waals surface area (Å²) in [5, 5.41) is 0. The first-order valence-electron chi connectivity index (χ1n) is 8.98. The summed E-state index contributed by atoms with van der Waals surface area (Å²) >= 11 is 0. The van der Waals surface area contributed by atoms with Gasteiger partial charge in [-0.3, -0.25) is 4.79 Å². The van der Waals surface area contributed by atoms with E-state index in [-0.39, 0.29) is 16.8 Å². The van der Waals surface area contributed by atoms with Crippen LogP contribution in [0.5, 0.6) is 5.75 Å². The van der Waals surface area contributed by atoms with Gasteiger partial charge in [0.2, 0.25) is 10.0 Å². The van der Waals surface area contributed by atoms with Gasteiger partial charge in [0.25, 0.3) is 5.91 Å². The molecule has 0 saturated heterocycles. The van der Waals surface area contributed by atoms with Gasteiger partial charge in [-0.25, -0.2) is 13.1 Å². The topological polar surface area (TPSA) is 75.7 Å². The van der Waals surface area contributed by atoms with Crippen LogP contribution in [0.1, 0.15) is 35.7 Å². The van der Waals surface area contributed by atoms with Gasteiger partial charge in [-0.2, -0.15) is 0 Å². The lowest BCUT2D eigenvalue weighted by molar-refractivity contribution is 0.0730. The summed E-state index contributed by atoms with van der Waals surface area (Å²) in [6, 6.07) is 14.0. The van der Waals surface area contributed by atoms with Gasteiger partial charge in [-0.15, -0.1) is 0 Å². The fourth-order valence-corrected chi connectivity index (χ4v) is 3.94. The van der Waals surface area contributed by atoms with Crippen molar-refractivity contribution in [1.29, 1.82) is 0 Å². The molecule has 27 heavy (non-hydrogen) atoms.